The molecule has 1 aliphatic rings. The van der Waals surface area contributed by atoms with Gasteiger partial charge in [-0.1, -0.05) is 11.6 Å². The molecule has 0 unspecified atom stereocenters. The molecular weight excluding hydrogens is 570 g/mol. The van der Waals surface area contributed by atoms with Crippen LogP contribution in [-0.4, -0.2) is 69.6 Å². The summed E-state index contributed by atoms with van der Waals surface area (Å²) in [5.74, 6) is 2.19. The van der Waals surface area contributed by atoms with E-state index in [0.29, 0.717) is 58.3 Å². The Bertz CT molecular complexity index is 1700. The monoisotopic (exact) mass is 605 g/mol. The Kier molecular flexibility index (Phi) is 8.41. The van der Waals surface area contributed by atoms with Crippen molar-refractivity contribution in [1.29, 1.82) is 0 Å². The van der Waals surface area contributed by atoms with E-state index in [1.165, 1.54) is 0 Å². The van der Waals surface area contributed by atoms with Crippen molar-refractivity contribution >= 4 is 51.6 Å². The van der Waals surface area contributed by atoms with Gasteiger partial charge in [0.1, 0.15) is 10.8 Å². The third-order valence-electron chi connectivity index (χ3n) is 7.65. The van der Waals surface area contributed by atoms with Gasteiger partial charge in [0.15, 0.2) is 11.6 Å². The SMILES string of the molecule is COc1cc(Nc2nc(N3CCC(C(=O)N(C)C)CC3)ncc2Cl)cc2c(NC(C)(C)c3ncccn3)cc(=O)n(C)c12. The van der Waals surface area contributed by atoms with Crippen LogP contribution in [0.15, 0.2) is 47.7 Å². The lowest BCUT2D eigenvalue weighted by Gasteiger charge is -2.32. The van der Waals surface area contributed by atoms with E-state index < -0.39 is 5.54 Å². The number of anilines is 4. The number of carbonyl (C=O) groups is 1. The van der Waals surface area contributed by atoms with Crippen LogP contribution in [0.4, 0.5) is 23.1 Å². The van der Waals surface area contributed by atoms with Crippen LogP contribution in [-0.2, 0) is 17.4 Å². The zero-order chi connectivity index (χ0) is 30.9. The number of hydrogen-bond donors (Lipinski definition) is 2. The Morgan fingerprint density at radius 2 is 1.81 bits per heavy atom. The van der Waals surface area contributed by atoms with E-state index >= 15 is 0 Å². The van der Waals surface area contributed by atoms with E-state index in [0.717, 1.165) is 18.2 Å². The fourth-order valence-corrected chi connectivity index (χ4v) is 5.48. The van der Waals surface area contributed by atoms with Crippen LogP contribution in [0.2, 0.25) is 5.02 Å². The molecule has 1 amide bonds. The molecule has 0 saturated carbocycles. The molecule has 1 aromatic carbocycles. The van der Waals surface area contributed by atoms with E-state index in [9.17, 15) is 9.59 Å². The van der Waals surface area contributed by atoms with Crippen molar-refractivity contribution in [3.8, 4) is 5.75 Å². The average Bonchev–Trinajstić information content (AvgIpc) is 3.00. The van der Waals surface area contributed by atoms with Crippen molar-refractivity contribution in [1.82, 2.24) is 29.4 Å². The van der Waals surface area contributed by atoms with Crippen LogP contribution in [0, 0.1) is 5.92 Å². The highest BCUT2D eigenvalue weighted by atomic mass is 35.5. The smallest absolute Gasteiger partial charge is 0.252 e. The van der Waals surface area contributed by atoms with Crippen LogP contribution in [0.3, 0.4) is 0 Å². The number of nitrogens with one attached hydrogen (secondary N) is 2. The molecule has 0 aliphatic carbocycles. The molecule has 4 heterocycles. The van der Waals surface area contributed by atoms with E-state index in [-0.39, 0.29) is 17.4 Å². The second-order valence-corrected chi connectivity index (χ2v) is 11.7. The van der Waals surface area contributed by atoms with Crippen molar-refractivity contribution in [3.05, 3.63) is 64.1 Å². The second kappa shape index (κ2) is 12.0. The van der Waals surface area contributed by atoms with Crippen LogP contribution >= 0.6 is 11.6 Å². The fourth-order valence-electron chi connectivity index (χ4n) is 5.34. The number of rotatable bonds is 8. The highest BCUT2D eigenvalue weighted by Gasteiger charge is 2.28. The largest absolute Gasteiger partial charge is 0.494 e. The normalized spacial score (nSPS) is 14.1. The highest BCUT2D eigenvalue weighted by Crippen LogP contribution is 2.37. The molecule has 0 atom stereocenters. The summed E-state index contributed by atoms with van der Waals surface area (Å²) in [7, 11) is 6.84. The van der Waals surface area contributed by atoms with Gasteiger partial charge in [-0.3, -0.25) is 9.59 Å². The summed E-state index contributed by atoms with van der Waals surface area (Å²) in [5, 5.41) is 7.88. The predicted molar refractivity (Wildman–Crippen MR) is 168 cm³/mol. The van der Waals surface area contributed by atoms with Gasteiger partial charge in [-0.05, 0) is 38.8 Å². The lowest BCUT2D eigenvalue weighted by Crippen LogP contribution is -2.40. The predicted octanol–water partition coefficient (Wildman–Crippen LogP) is 4.18. The third kappa shape index (κ3) is 6.19. The minimum absolute atomic E-state index is 0.00147. The molecule has 1 aliphatic heterocycles. The number of piperidine rings is 1. The summed E-state index contributed by atoms with van der Waals surface area (Å²) in [5.41, 5.74) is 0.992. The van der Waals surface area contributed by atoms with Gasteiger partial charge in [-0.2, -0.15) is 4.98 Å². The number of benzene rings is 1. The number of methoxy groups -OCH3 is 1. The maximum Gasteiger partial charge on any atom is 0.252 e. The van der Waals surface area contributed by atoms with E-state index in [1.807, 2.05) is 19.9 Å². The molecule has 13 heteroatoms. The first-order valence-corrected chi connectivity index (χ1v) is 14.4. The van der Waals surface area contributed by atoms with Crippen molar-refractivity contribution in [2.24, 2.45) is 13.0 Å². The van der Waals surface area contributed by atoms with Gasteiger partial charge < -0.3 is 29.7 Å². The lowest BCUT2D eigenvalue weighted by molar-refractivity contribution is -0.133. The average molecular weight is 606 g/mol. The summed E-state index contributed by atoms with van der Waals surface area (Å²) >= 11 is 6.55. The van der Waals surface area contributed by atoms with Gasteiger partial charge in [0.2, 0.25) is 11.9 Å². The molecular formula is C30H36ClN9O3. The lowest BCUT2D eigenvalue weighted by atomic mass is 9.96. The minimum atomic E-state index is -0.688. The maximum atomic E-state index is 13.0. The van der Waals surface area contributed by atoms with Crippen LogP contribution < -0.4 is 25.8 Å². The molecule has 226 valence electrons. The molecule has 4 aromatic rings. The summed E-state index contributed by atoms with van der Waals surface area (Å²) in [6.07, 6.45) is 6.40. The van der Waals surface area contributed by atoms with Crippen molar-refractivity contribution in [2.75, 3.05) is 49.8 Å². The van der Waals surface area contributed by atoms with Crippen LogP contribution in [0.1, 0.15) is 32.5 Å². The van der Waals surface area contributed by atoms with Crippen LogP contribution in [0.5, 0.6) is 5.75 Å². The Morgan fingerprint density at radius 1 is 1.12 bits per heavy atom. The molecule has 5 rings (SSSR count). The standard InChI is InChI=1S/C30H36ClN9O3/c1-30(2,28-32-10-7-11-33-28)37-22-16-24(41)39(5)25-20(22)14-19(15-23(25)43-6)35-26-21(31)17-34-29(36-26)40-12-8-18(9-13-40)27(42)38(3)4/h7,10-11,14-18,37H,8-9,12-13H2,1-6H3,(H,34,35,36). The number of aryl methyl sites for hydroxylation is 1. The zero-order valence-corrected chi connectivity index (χ0v) is 25.9. The Labute approximate surface area is 255 Å². The van der Waals surface area contributed by atoms with Crippen molar-refractivity contribution < 1.29 is 9.53 Å². The molecule has 0 spiro atoms. The quantitative estimate of drug-likeness (QED) is 0.302. The van der Waals surface area contributed by atoms with Crippen molar-refractivity contribution in [3.63, 3.8) is 0 Å². The molecule has 1 saturated heterocycles. The number of nitrogens with zero attached hydrogens (tertiary/aromatic N) is 7. The molecule has 1 fully saturated rings. The van der Waals surface area contributed by atoms with E-state index in [4.69, 9.17) is 21.3 Å². The second-order valence-electron chi connectivity index (χ2n) is 11.3. The molecule has 3 aromatic heterocycles. The summed E-state index contributed by atoms with van der Waals surface area (Å²) < 4.78 is 7.30. The first kappa shape index (κ1) is 30.0. The highest BCUT2D eigenvalue weighted by molar-refractivity contribution is 6.33. The summed E-state index contributed by atoms with van der Waals surface area (Å²) in [4.78, 5) is 47.1. The van der Waals surface area contributed by atoms with Gasteiger partial charge in [0.05, 0.1) is 24.4 Å². The van der Waals surface area contributed by atoms with E-state index in [2.05, 4.69) is 30.5 Å². The van der Waals surface area contributed by atoms with Gasteiger partial charge in [-0.25, -0.2) is 15.0 Å². The first-order chi connectivity index (χ1) is 20.5. The number of hydrogen-bond acceptors (Lipinski definition) is 10. The van der Waals surface area contributed by atoms with E-state index in [1.54, 1.807) is 74.5 Å². The topological polar surface area (TPSA) is 130 Å². The molecule has 2 N–H and O–H groups in total. The van der Waals surface area contributed by atoms with Gasteiger partial charge in [0, 0.05) is 81.4 Å². The zero-order valence-electron chi connectivity index (χ0n) is 25.2. The third-order valence-corrected chi connectivity index (χ3v) is 7.93. The number of carbonyl (C=O) groups excluding carboxylic acids is 1. The first-order valence-electron chi connectivity index (χ1n) is 14.0. The Balaban J connectivity index is 1.48. The number of pyridine rings is 1. The molecule has 43 heavy (non-hydrogen) atoms. The number of aromatic nitrogens is 5. The number of fused-ring (bicyclic) bond motifs is 1. The molecule has 12 nitrogen and oxygen atoms in total. The Morgan fingerprint density at radius 3 is 2.47 bits per heavy atom. The molecule has 0 bridgehead atoms. The number of halogens is 1. The summed E-state index contributed by atoms with van der Waals surface area (Å²) in [6, 6.07) is 7.02. The van der Waals surface area contributed by atoms with Crippen LogP contribution in [0.25, 0.3) is 10.9 Å². The minimum Gasteiger partial charge on any atom is -0.494 e. The maximum absolute atomic E-state index is 13.0. The number of amides is 1. The summed E-state index contributed by atoms with van der Waals surface area (Å²) in [6.45, 7) is 5.23. The number of ether oxygens (including phenoxy) is 1. The van der Waals surface area contributed by atoms with Gasteiger partial charge >= 0.3 is 0 Å². The Hall–Kier alpha value is -4.45. The van der Waals surface area contributed by atoms with Gasteiger partial charge in [-0.15, -0.1) is 0 Å². The van der Waals surface area contributed by atoms with Gasteiger partial charge in [0.25, 0.3) is 5.56 Å². The van der Waals surface area contributed by atoms with Crippen molar-refractivity contribution in [2.45, 2.75) is 32.2 Å². The fraction of sp³-hybridized carbons (Fsp3) is 0.400. The molecule has 0 radical (unpaired) electrons.